The van der Waals surface area contributed by atoms with Gasteiger partial charge in [-0.1, -0.05) is 6.58 Å². The molecular formula is C17H14N6. The van der Waals surface area contributed by atoms with E-state index in [-0.39, 0.29) is 0 Å². The highest BCUT2D eigenvalue weighted by Crippen LogP contribution is 2.27. The largest absolute Gasteiger partial charge is 0.362 e. The standard InChI is InChI=1S/C17H14N6/c1-2-18-12-3-6-16-14(8-12)17(20-10-19-16)22-13-4-5-15-11(7-13)9-21-23-15/h2-10,18H,1H2,(H,21,23)(H,19,20,22). The van der Waals surface area contributed by atoms with Gasteiger partial charge in [0, 0.05) is 22.1 Å². The van der Waals surface area contributed by atoms with Crippen molar-refractivity contribution in [1.29, 1.82) is 0 Å². The fourth-order valence-electron chi connectivity index (χ4n) is 2.52. The predicted octanol–water partition coefficient (Wildman–Crippen LogP) is 3.81. The zero-order valence-electron chi connectivity index (χ0n) is 12.2. The van der Waals surface area contributed by atoms with Crippen molar-refractivity contribution in [3.63, 3.8) is 0 Å². The lowest BCUT2D eigenvalue weighted by Crippen LogP contribution is -1.96. The van der Waals surface area contributed by atoms with Crippen LogP contribution in [-0.4, -0.2) is 20.2 Å². The van der Waals surface area contributed by atoms with Gasteiger partial charge in [-0.25, -0.2) is 9.97 Å². The van der Waals surface area contributed by atoms with Crippen LogP contribution in [0.15, 0.2) is 61.7 Å². The van der Waals surface area contributed by atoms with E-state index in [1.54, 1.807) is 18.7 Å². The van der Waals surface area contributed by atoms with Gasteiger partial charge < -0.3 is 10.6 Å². The molecule has 2 aromatic carbocycles. The molecule has 0 atom stereocenters. The molecule has 6 heteroatoms. The lowest BCUT2D eigenvalue weighted by molar-refractivity contribution is 1.12. The van der Waals surface area contributed by atoms with Gasteiger partial charge in [-0.05, 0) is 42.6 Å². The van der Waals surface area contributed by atoms with Gasteiger partial charge in [-0.2, -0.15) is 5.10 Å². The van der Waals surface area contributed by atoms with E-state index in [1.807, 2.05) is 36.4 Å². The Bertz CT molecular complexity index is 1000. The number of nitrogens with one attached hydrogen (secondary N) is 3. The van der Waals surface area contributed by atoms with Crippen LogP contribution in [0.2, 0.25) is 0 Å². The zero-order valence-corrected chi connectivity index (χ0v) is 12.2. The molecule has 0 spiro atoms. The minimum Gasteiger partial charge on any atom is -0.362 e. The Balaban J connectivity index is 1.77. The van der Waals surface area contributed by atoms with Crippen LogP contribution < -0.4 is 10.6 Å². The molecule has 2 aromatic heterocycles. The number of anilines is 3. The van der Waals surface area contributed by atoms with E-state index in [9.17, 15) is 0 Å². The molecule has 3 N–H and O–H groups in total. The van der Waals surface area contributed by atoms with Crippen LogP contribution in [0, 0.1) is 0 Å². The summed E-state index contributed by atoms with van der Waals surface area (Å²) in [5.74, 6) is 0.755. The highest BCUT2D eigenvalue weighted by molar-refractivity contribution is 5.93. The van der Waals surface area contributed by atoms with Crippen LogP contribution in [-0.2, 0) is 0 Å². The topological polar surface area (TPSA) is 78.5 Å². The Labute approximate surface area is 132 Å². The van der Waals surface area contributed by atoms with Gasteiger partial charge in [0.2, 0.25) is 0 Å². The van der Waals surface area contributed by atoms with Crippen LogP contribution >= 0.6 is 0 Å². The number of nitrogens with zero attached hydrogens (tertiary/aromatic N) is 3. The number of hydrogen-bond donors (Lipinski definition) is 3. The molecule has 23 heavy (non-hydrogen) atoms. The fourth-order valence-corrected chi connectivity index (χ4v) is 2.52. The normalized spacial score (nSPS) is 10.8. The third-order valence-electron chi connectivity index (χ3n) is 3.61. The second-order valence-corrected chi connectivity index (χ2v) is 5.10. The van der Waals surface area contributed by atoms with Crippen LogP contribution in [0.5, 0.6) is 0 Å². The first-order chi connectivity index (χ1) is 11.3. The summed E-state index contributed by atoms with van der Waals surface area (Å²) in [4.78, 5) is 8.68. The van der Waals surface area contributed by atoms with Crippen LogP contribution in [0.1, 0.15) is 0 Å². The molecule has 0 aliphatic heterocycles. The monoisotopic (exact) mass is 302 g/mol. The lowest BCUT2D eigenvalue weighted by atomic mass is 10.2. The van der Waals surface area contributed by atoms with Crippen LogP contribution in [0.3, 0.4) is 0 Å². The number of aromatic nitrogens is 4. The van der Waals surface area contributed by atoms with Crippen molar-refractivity contribution in [2.45, 2.75) is 0 Å². The van der Waals surface area contributed by atoms with Gasteiger partial charge in [-0.15, -0.1) is 0 Å². The molecule has 2 heterocycles. The van der Waals surface area contributed by atoms with Crippen molar-refractivity contribution in [1.82, 2.24) is 20.2 Å². The van der Waals surface area contributed by atoms with E-state index in [0.717, 1.165) is 39.0 Å². The van der Waals surface area contributed by atoms with E-state index >= 15 is 0 Å². The summed E-state index contributed by atoms with van der Waals surface area (Å²) in [6.45, 7) is 3.68. The molecule has 0 bridgehead atoms. The zero-order chi connectivity index (χ0) is 15.6. The van der Waals surface area contributed by atoms with Crippen molar-refractivity contribution < 1.29 is 0 Å². The minimum atomic E-state index is 0.755. The first kappa shape index (κ1) is 13.3. The Kier molecular flexibility index (Phi) is 3.12. The van der Waals surface area contributed by atoms with Crippen molar-refractivity contribution >= 4 is 39.0 Å². The van der Waals surface area contributed by atoms with Gasteiger partial charge in [0.25, 0.3) is 0 Å². The smallest absolute Gasteiger partial charge is 0.141 e. The molecule has 6 nitrogen and oxygen atoms in total. The van der Waals surface area contributed by atoms with Crippen LogP contribution in [0.4, 0.5) is 17.2 Å². The summed E-state index contributed by atoms with van der Waals surface area (Å²) in [7, 11) is 0. The first-order valence-corrected chi connectivity index (χ1v) is 7.16. The second-order valence-electron chi connectivity index (χ2n) is 5.10. The third-order valence-corrected chi connectivity index (χ3v) is 3.61. The maximum absolute atomic E-state index is 4.37. The molecule has 0 aliphatic rings. The number of hydrogen-bond acceptors (Lipinski definition) is 5. The van der Waals surface area contributed by atoms with E-state index in [4.69, 9.17) is 0 Å². The summed E-state index contributed by atoms with van der Waals surface area (Å²) in [6, 6.07) is 11.9. The average Bonchev–Trinajstić information content (AvgIpc) is 3.03. The molecule has 0 amide bonds. The summed E-state index contributed by atoms with van der Waals surface area (Å²) in [5, 5.41) is 15.4. The summed E-state index contributed by atoms with van der Waals surface area (Å²) < 4.78 is 0. The summed E-state index contributed by atoms with van der Waals surface area (Å²) >= 11 is 0. The van der Waals surface area contributed by atoms with Gasteiger partial charge >= 0.3 is 0 Å². The highest BCUT2D eigenvalue weighted by atomic mass is 15.1. The molecule has 0 unspecified atom stereocenters. The molecule has 0 saturated heterocycles. The number of benzene rings is 2. The third kappa shape index (κ3) is 2.46. The molecule has 0 saturated carbocycles. The van der Waals surface area contributed by atoms with Gasteiger partial charge in [0.15, 0.2) is 0 Å². The SMILES string of the molecule is C=CNc1ccc2ncnc(Nc3ccc4[nH]ncc4c3)c2c1. The van der Waals surface area contributed by atoms with E-state index < -0.39 is 0 Å². The van der Waals surface area contributed by atoms with Crippen molar-refractivity contribution in [3.05, 3.63) is 61.7 Å². The van der Waals surface area contributed by atoms with E-state index in [0.29, 0.717) is 0 Å². The molecule has 4 aromatic rings. The summed E-state index contributed by atoms with van der Waals surface area (Å²) in [6.07, 6.45) is 5.00. The van der Waals surface area contributed by atoms with Crippen molar-refractivity contribution in [2.24, 2.45) is 0 Å². The molecule has 4 rings (SSSR count). The summed E-state index contributed by atoms with van der Waals surface area (Å²) in [5.41, 5.74) is 3.76. The van der Waals surface area contributed by atoms with Gasteiger partial charge in [-0.3, -0.25) is 5.10 Å². The fraction of sp³-hybridized carbons (Fsp3) is 0. The quantitative estimate of drug-likeness (QED) is 0.534. The second kappa shape index (κ2) is 5.42. The number of aromatic amines is 1. The Hall–Kier alpha value is -3.41. The Morgan fingerprint density at radius 3 is 2.87 bits per heavy atom. The maximum atomic E-state index is 4.37. The highest BCUT2D eigenvalue weighted by Gasteiger charge is 2.06. The Morgan fingerprint density at radius 1 is 1.04 bits per heavy atom. The number of rotatable bonds is 4. The van der Waals surface area contributed by atoms with E-state index in [1.165, 1.54) is 0 Å². The van der Waals surface area contributed by atoms with E-state index in [2.05, 4.69) is 37.4 Å². The van der Waals surface area contributed by atoms with Crippen molar-refractivity contribution in [3.8, 4) is 0 Å². The average molecular weight is 302 g/mol. The molecule has 0 radical (unpaired) electrons. The minimum absolute atomic E-state index is 0.755. The van der Waals surface area contributed by atoms with Gasteiger partial charge in [0.1, 0.15) is 12.1 Å². The maximum Gasteiger partial charge on any atom is 0.141 e. The van der Waals surface area contributed by atoms with Crippen molar-refractivity contribution in [2.75, 3.05) is 10.6 Å². The molecular weight excluding hydrogens is 288 g/mol. The van der Waals surface area contributed by atoms with Gasteiger partial charge in [0.05, 0.1) is 17.2 Å². The first-order valence-electron chi connectivity index (χ1n) is 7.16. The Morgan fingerprint density at radius 2 is 1.96 bits per heavy atom. The number of H-pyrrole nitrogens is 1. The molecule has 0 fully saturated rings. The predicted molar refractivity (Wildman–Crippen MR) is 92.7 cm³/mol. The number of fused-ring (bicyclic) bond motifs is 2. The molecule has 0 aliphatic carbocycles. The molecule has 112 valence electrons. The van der Waals surface area contributed by atoms with Crippen LogP contribution in [0.25, 0.3) is 21.8 Å². The lowest BCUT2D eigenvalue weighted by Gasteiger charge is -2.10.